The largest absolute Gasteiger partial charge is 0.353 e. The smallest absolute Gasteiger partial charge is 0.262 e. The van der Waals surface area contributed by atoms with Gasteiger partial charge >= 0.3 is 0 Å². The molecule has 1 heterocycles. The Morgan fingerprint density at radius 2 is 2.05 bits per heavy atom. The van der Waals surface area contributed by atoms with E-state index >= 15 is 0 Å². The van der Waals surface area contributed by atoms with Crippen LogP contribution >= 0.6 is 12.2 Å². The number of benzene rings is 1. The Bertz CT molecular complexity index is 803. The fraction of sp³-hybridized carbons (Fsp3) is 0.438. The second-order valence-electron chi connectivity index (χ2n) is 5.73. The van der Waals surface area contributed by atoms with Crippen LogP contribution in [0.4, 0.5) is 0 Å². The third-order valence-electron chi connectivity index (χ3n) is 4.17. The first kappa shape index (κ1) is 15.0. The first-order valence-corrected chi connectivity index (χ1v) is 8.07. The molecule has 1 amide bonds. The maximum Gasteiger partial charge on any atom is 0.262 e. The Hall–Kier alpha value is -1.95. The van der Waals surface area contributed by atoms with E-state index in [1.807, 2.05) is 18.2 Å². The fourth-order valence-electron chi connectivity index (χ4n) is 2.99. The van der Waals surface area contributed by atoms with Gasteiger partial charge in [0.2, 0.25) is 5.91 Å². The zero-order valence-electron chi connectivity index (χ0n) is 12.3. The molecule has 0 atom stereocenters. The number of aromatic amines is 1. The number of nitrogens with zero attached hydrogens (tertiary/aromatic N) is 1. The van der Waals surface area contributed by atoms with Crippen LogP contribution in [0.5, 0.6) is 0 Å². The summed E-state index contributed by atoms with van der Waals surface area (Å²) in [4.78, 5) is 27.5. The number of nitrogens with one attached hydrogen (secondary N) is 2. The number of hydrogen-bond acceptors (Lipinski definition) is 3. The number of fused-ring (bicyclic) bond motifs is 1. The highest BCUT2D eigenvalue weighted by atomic mass is 32.1. The van der Waals surface area contributed by atoms with Crippen molar-refractivity contribution in [3.63, 3.8) is 0 Å². The van der Waals surface area contributed by atoms with Gasteiger partial charge in [0.1, 0.15) is 0 Å². The third-order valence-corrected chi connectivity index (χ3v) is 4.49. The van der Waals surface area contributed by atoms with Gasteiger partial charge < -0.3 is 10.3 Å². The normalized spacial score (nSPS) is 15.3. The summed E-state index contributed by atoms with van der Waals surface area (Å²) in [7, 11) is 0. The van der Waals surface area contributed by atoms with Gasteiger partial charge in [-0.25, -0.2) is 0 Å². The minimum Gasteiger partial charge on any atom is -0.353 e. The summed E-state index contributed by atoms with van der Waals surface area (Å²) in [5.41, 5.74) is 0.581. The fourth-order valence-corrected chi connectivity index (χ4v) is 3.27. The number of hydrogen-bond donors (Lipinski definition) is 2. The lowest BCUT2D eigenvalue weighted by Crippen LogP contribution is -2.34. The summed E-state index contributed by atoms with van der Waals surface area (Å²) in [6.45, 7) is 0.303. The number of amides is 1. The first-order valence-electron chi connectivity index (χ1n) is 7.66. The van der Waals surface area contributed by atoms with Gasteiger partial charge in [-0.05, 0) is 37.2 Å². The molecule has 1 aromatic heterocycles. The summed E-state index contributed by atoms with van der Waals surface area (Å²) in [6, 6.07) is 7.56. The number of rotatable bonds is 4. The molecule has 2 aromatic rings. The summed E-state index contributed by atoms with van der Waals surface area (Å²) >= 11 is 5.24. The topological polar surface area (TPSA) is 66.9 Å². The molecule has 0 bridgehead atoms. The molecule has 0 saturated heterocycles. The Morgan fingerprint density at radius 3 is 2.82 bits per heavy atom. The molecule has 0 unspecified atom stereocenters. The Labute approximate surface area is 133 Å². The Morgan fingerprint density at radius 1 is 1.32 bits per heavy atom. The average molecular weight is 317 g/mol. The number of para-hydroxylation sites is 1. The molecular formula is C16H19N3O2S. The molecule has 0 aliphatic heterocycles. The van der Waals surface area contributed by atoms with Crippen LogP contribution in [0.25, 0.3) is 10.9 Å². The van der Waals surface area contributed by atoms with E-state index in [2.05, 4.69) is 10.3 Å². The van der Waals surface area contributed by atoms with Crippen LogP contribution < -0.4 is 10.9 Å². The molecule has 1 aromatic carbocycles. The molecule has 1 fully saturated rings. The number of aromatic nitrogens is 2. The molecule has 1 saturated carbocycles. The summed E-state index contributed by atoms with van der Waals surface area (Å²) in [5, 5.41) is 3.62. The van der Waals surface area contributed by atoms with E-state index in [1.165, 1.54) is 17.4 Å². The molecule has 1 aliphatic rings. The van der Waals surface area contributed by atoms with Crippen LogP contribution in [0.1, 0.15) is 32.1 Å². The van der Waals surface area contributed by atoms with E-state index in [9.17, 15) is 9.59 Å². The van der Waals surface area contributed by atoms with Crippen molar-refractivity contribution in [3.8, 4) is 0 Å². The molecule has 116 valence electrons. The van der Waals surface area contributed by atoms with Gasteiger partial charge in [-0.2, -0.15) is 0 Å². The van der Waals surface area contributed by atoms with Crippen LogP contribution in [-0.4, -0.2) is 21.5 Å². The Kier molecular flexibility index (Phi) is 4.38. The van der Waals surface area contributed by atoms with Crippen molar-refractivity contribution in [2.75, 3.05) is 0 Å². The number of carbonyl (C=O) groups is 1. The van der Waals surface area contributed by atoms with Crippen molar-refractivity contribution in [2.45, 2.75) is 44.7 Å². The lowest BCUT2D eigenvalue weighted by molar-refractivity contribution is -0.122. The molecule has 0 radical (unpaired) electrons. The van der Waals surface area contributed by atoms with Crippen molar-refractivity contribution in [1.82, 2.24) is 14.9 Å². The van der Waals surface area contributed by atoms with Gasteiger partial charge in [-0.1, -0.05) is 25.0 Å². The van der Waals surface area contributed by atoms with Crippen molar-refractivity contribution in [2.24, 2.45) is 0 Å². The zero-order chi connectivity index (χ0) is 15.5. The average Bonchev–Trinajstić information content (AvgIpc) is 3.00. The molecule has 6 heteroatoms. The molecule has 5 nitrogen and oxygen atoms in total. The van der Waals surface area contributed by atoms with E-state index in [0.717, 1.165) is 18.4 Å². The van der Waals surface area contributed by atoms with Gasteiger partial charge in [0.25, 0.3) is 5.56 Å². The quantitative estimate of drug-likeness (QED) is 0.852. The van der Waals surface area contributed by atoms with Crippen molar-refractivity contribution >= 4 is 29.0 Å². The zero-order valence-corrected chi connectivity index (χ0v) is 13.1. The molecule has 3 rings (SSSR count). The van der Waals surface area contributed by atoms with Crippen molar-refractivity contribution in [3.05, 3.63) is 39.4 Å². The molecular weight excluding hydrogens is 298 g/mol. The van der Waals surface area contributed by atoms with E-state index in [4.69, 9.17) is 12.2 Å². The standard InChI is InChI=1S/C16H19N3O2S/c20-14(17-11-5-1-2-6-11)9-10-19-15(21)12-7-3-4-8-13(12)18-16(19)22/h3-4,7-8,11H,1-2,5-6,9-10H2,(H,17,20)(H,18,22). The second kappa shape index (κ2) is 6.44. The summed E-state index contributed by atoms with van der Waals surface area (Å²) in [6.07, 6.45) is 4.75. The van der Waals surface area contributed by atoms with E-state index < -0.39 is 0 Å². The van der Waals surface area contributed by atoms with Crippen molar-refractivity contribution < 1.29 is 4.79 Å². The lowest BCUT2D eigenvalue weighted by Gasteiger charge is -2.12. The maximum absolute atomic E-state index is 12.5. The molecule has 22 heavy (non-hydrogen) atoms. The number of carbonyl (C=O) groups excluding carboxylic acids is 1. The van der Waals surface area contributed by atoms with Gasteiger partial charge in [-0.15, -0.1) is 0 Å². The Balaban J connectivity index is 1.75. The summed E-state index contributed by atoms with van der Waals surface area (Å²) in [5.74, 6) is -0.0126. The third kappa shape index (κ3) is 3.11. The molecule has 1 aliphatic carbocycles. The van der Waals surface area contributed by atoms with Crippen LogP contribution in [-0.2, 0) is 11.3 Å². The predicted molar refractivity (Wildman–Crippen MR) is 88.4 cm³/mol. The van der Waals surface area contributed by atoms with Gasteiger partial charge in [0, 0.05) is 19.0 Å². The highest BCUT2D eigenvalue weighted by molar-refractivity contribution is 7.71. The maximum atomic E-state index is 12.5. The SMILES string of the molecule is O=C(CCn1c(=S)[nH]c2ccccc2c1=O)NC1CCCC1. The van der Waals surface area contributed by atoms with Crippen molar-refractivity contribution in [1.29, 1.82) is 0 Å². The van der Waals surface area contributed by atoms with Gasteiger partial charge in [0.05, 0.1) is 10.9 Å². The monoisotopic (exact) mass is 317 g/mol. The van der Waals surface area contributed by atoms with E-state index in [-0.39, 0.29) is 17.9 Å². The molecule has 2 N–H and O–H groups in total. The van der Waals surface area contributed by atoms with Gasteiger partial charge in [0.15, 0.2) is 4.77 Å². The van der Waals surface area contributed by atoms with Crippen LogP contribution in [0, 0.1) is 4.77 Å². The van der Waals surface area contributed by atoms with Crippen LogP contribution in [0.2, 0.25) is 0 Å². The van der Waals surface area contributed by atoms with Gasteiger partial charge in [-0.3, -0.25) is 14.2 Å². The predicted octanol–water partition coefficient (Wildman–Crippen LogP) is 2.51. The van der Waals surface area contributed by atoms with E-state index in [1.54, 1.807) is 6.07 Å². The number of H-pyrrole nitrogens is 1. The van der Waals surface area contributed by atoms with E-state index in [0.29, 0.717) is 22.7 Å². The highest BCUT2D eigenvalue weighted by Gasteiger charge is 2.17. The summed E-state index contributed by atoms with van der Waals surface area (Å²) < 4.78 is 1.82. The highest BCUT2D eigenvalue weighted by Crippen LogP contribution is 2.17. The minimum atomic E-state index is -0.145. The molecule has 0 spiro atoms. The first-order chi connectivity index (χ1) is 10.6. The second-order valence-corrected chi connectivity index (χ2v) is 6.12. The van der Waals surface area contributed by atoms with Crippen LogP contribution in [0.15, 0.2) is 29.1 Å². The minimum absolute atomic E-state index is 0.0126. The lowest BCUT2D eigenvalue weighted by atomic mass is 10.2. The van der Waals surface area contributed by atoms with Crippen LogP contribution in [0.3, 0.4) is 0 Å².